The van der Waals surface area contributed by atoms with Gasteiger partial charge in [-0.15, -0.1) is 0 Å². The highest BCUT2D eigenvalue weighted by Gasteiger charge is 2.69. The van der Waals surface area contributed by atoms with Gasteiger partial charge in [-0.3, -0.25) is 0 Å². The van der Waals surface area contributed by atoms with Gasteiger partial charge in [-0.1, -0.05) is 72.8 Å². The van der Waals surface area contributed by atoms with E-state index < -0.39 is 17.5 Å². The first-order valence-corrected chi connectivity index (χ1v) is 6.89. The molecule has 2 aromatic carbocycles. The molecule has 0 nitrogen and oxygen atoms in total. The lowest BCUT2D eigenvalue weighted by atomic mass is 9.97. The fourth-order valence-corrected chi connectivity index (χ4v) is 2.78. The predicted octanol–water partition coefficient (Wildman–Crippen LogP) is 5.44. The van der Waals surface area contributed by atoms with Gasteiger partial charge in [-0.25, -0.2) is 0 Å². The van der Waals surface area contributed by atoms with E-state index in [1.54, 1.807) is 42.5 Å². The van der Waals surface area contributed by atoms with Crippen molar-refractivity contribution in [2.75, 3.05) is 0 Å². The van der Waals surface area contributed by atoms with Crippen LogP contribution in [-0.4, -0.2) is 6.18 Å². The van der Waals surface area contributed by atoms with Crippen LogP contribution in [0.3, 0.4) is 0 Å². The molecule has 0 unspecified atom stereocenters. The molecule has 3 rings (SSSR count). The Morgan fingerprint density at radius 1 is 0.905 bits per heavy atom. The summed E-state index contributed by atoms with van der Waals surface area (Å²) in [6, 6.07) is 18.0. The Bertz CT molecular complexity index is 629. The Hall–Kier alpha value is -2.03. The van der Waals surface area contributed by atoms with Crippen molar-refractivity contribution in [3.8, 4) is 0 Å². The average Bonchev–Trinajstić information content (AvgIpc) is 3.23. The summed E-state index contributed by atoms with van der Waals surface area (Å²) in [6.07, 6.45) is -1.18. The monoisotopic (exact) mass is 288 g/mol. The SMILES string of the molecule is FC(F)(F)[C@]1(/C=C/c2ccccc2)C[C@H]1c1ccccc1. The second-order valence-corrected chi connectivity index (χ2v) is 5.45. The van der Waals surface area contributed by atoms with Gasteiger partial charge in [0.1, 0.15) is 0 Å². The minimum absolute atomic E-state index is 0.129. The van der Waals surface area contributed by atoms with Gasteiger partial charge >= 0.3 is 6.18 Å². The topological polar surface area (TPSA) is 0 Å². The van der Waals surface area contributed by atoms with Gasteiger partial charge in [0.05, 0.1) is 5.41 Å². The van der Waals surface area contributed by atoms with E-state index in [0.717, 1.165) is 11.1 Å². The summed E-state index contributed by atoms with van der Waals surface area (Å²) >= 11 is 0. The van der Waals surface area contributed by atoms with E-state index in [1.165, 1.54) is 6.08 Å². The van der Waals surface area contributed by atoms with E-state index in [1.807, 2.05) is 24.3 Å². The molecule has 108 valence electrons. The van der Waals surface area contributed by atoms with Crippen molar-refractivity contribution < 1.29 is 13.2 Å². The molecule has 1 aliphatic rings. The molecule has 21 heavy (non-hydrogen) atoms. The lowest BCUT2D eigenvalue weighted by Crippen LogP contribution is -2.24. The van der Waals surface area contributed by atoms with Gasteiger partial charge in [0.2, 0.25) is 0 Å². The summed E-state index contributed by atoms with van der Waals surface area (Å²) in [7, 11) is 0. The number of hydrogen-bond acceptors (Lipinski definition) is 0. The third-order valence-corrected chi connectivity index (χ3v) is 4.11. The van der Waals surface area contributed by atoms with Crippen LogP contribution in [0.15, 0.2) is 66.7 Å². The maximum absolute atomic E-state index is 13.5. The lowest BCUT2D eigenvalue weighted by molar-refractivity contribution is -0.173. The van der Waals surface area contributed by atoms with Crippen LogP contribution in [0.2, 0.25) is 0 Å². The average molecular weight is 288 g/mol. The van der Waals surface area contributed by atoms with Crippen LogP contribution < -0.4 is 0 Å². The van der Waals surface area contributed by atoms with E-state index in [-0.39, 0.29) is 6.42 Å². The summed E-state index contributed by atoms with van der Waals surface area (Å²) in [4.78, 5) is 0. The zero-order chi connectivity index (χ0) is 14.9. The molecule has 0 aliphatic heterocycles. The fraction of sp³-hybridized carbons (Fsp3) is 0.222. The first-order chi connectivity index (χ1) is 10.0. The van der Waals surface area contributed by atoms with Crippen molar-refractivity contribution in [1.82, 2.24) is 0 Å². The Morgan fingerprint density at radius 3 is 2.05 bits per heavy atom. The molecule has 0 spiro atoms. The highest BCUT2D eigenvalue weighted by Crippen LogP contribution is 2.68. The number of benzene rings is 2. The molecule has 2 atom stereocenters. The molecular formula is C18H15F3. The third kappa shape index (κ3) is 2.60. The molecule has 0 amide bonds. The molecule has 0 aromatic heterocycles. The van der Waals surface area contributed by atoms with E-state index in [0.29, 0.717) is 0 Å². The van der Waals surface area contributed by atoms with Crippen LogP contribution in [0.4, 0.5) is 13.2 Å². The predicted molar refractivity (Wildman–Crippen MR) is 77.8 cm³/mol. The Balaban J connectivity index is 1.90. The van der Waals surface area contributed by atoms with E-state index in [2.05, 4.69) is 0 Å². The first-order valence-electron chi connectivity index (χ1n) is 6.89. The standard InChI is InChI=1S/C18H15F3/c19-18(20,21)17(12-11-14-7-3-1-4-8-14)13-16(17)15-9-5-2-6-10-15/h1-12,16H,13H2/b12-11+/t16-,17+/m0/s1. The van der Waals surface area contributed by atoms with Crippen LogP contribution in [0.5, 0.6) is 0 Å². The van der Waals surface area contributed by atoms with E-state index in [4.69, 9.17) is 0 Å². The highest BCUT2D eigenvalue weighted by molar-refractivity contribution is 5.53. The Labute approximate surface area is 121 Å². The molecule has 0 heterocycles. The summed E-state index contributed by atoms with van der Waals surface area (Å²) in [5, 5.41) is 0. The molecule has 0 radical (unpaired) electrons. The molecule has 1 aliphatic carbocycles. The smallest absolute Gasteiger partial charge is 0.170 e. The van der Waals surface area contributed by atoms with Crippen LogP contribution in [-0.2, 0) is 0 Å². The summed E-state index contributed by atoms with van der Waals surface area (Å²) in [5.74, 6) is -0.473. The first kappa shape index (κ1) is 13.9. The molecule has 0 saturated heterocycles. The minimum atomic E-state index is -4.22. The molecule has 0 N–H and O–H groups in total. The van der Waals surface area contributed by atoms with Crippen molar-refractivity contribution in [1.29, 1.82) is 0 Å². The molecule has 2 aromatic rings. The molecular weight excluding hydrogens is 273 g/mol. The zero-order valence-electron chi connectivity index (χ0n) is 11.3. The van der Waals surface area contributed by atoms with Crippen molar-refractivity contribution in [2.45, 2.75) is 18.5 Å². The van der Waals surface area contributed by atoms with Gasteiger partial charge in [-0.05, 0) is 17.5 Å². The number of allylic oxidation sites excluding steroid dienone is 1. The van der Waals surface area contributed by atoms with Crippen molar-refractivity contribution in [3.05, 3.63) is 77.9 Å². The summed E-state index contributed by atoms with van der Waals surface area (Å²) in [6.45, 7) is 0. The second-order valence-electron chi connectivity index (χ2n) is 5.45. The molecule has 1 saturated carbocycles. The minimum Gasteiger partial charge on any atom is -0.170 e. The number of rotatable bonds is 3. The maximum atomic E-state index is 13.5. The second kappa shape index (κ2) is 5.06. The third-order valence-electron chi connectivity index (χ3n) is 4.11. The normalized spacial score (nSPS) is 25.2. The zero-order valence-corrected chi connectivity index (χ0v) is 11.3. The molecule has 0 bridgehead atoms. The van der Waals surface area contributed by atoms with E-state index in [9.17, 15) is 13.2 Å². The van der Waals surface area contributed by atoms with Gasteiger partial charge in [0.15, 0.2) is 0 Å². The maximum Gasteiger partial charge on any atom is 0.398 e. The number of alkyl halides is 3. The van der Waals surface area contributed by atoms with Crippen molar-refractivity contribution >= 4 is 6.08 Å². The Morgan fingerprint density at radius 2 is 1.48 bits per heavy atom. The summed E-state index contributed by atoms with van der Waals surface area (Å²) in [5.41, 5.74) is -0.170. The van der Waals surface area contributed by atoms with Crippen LogP contribution in [0.1, 0.15) is 23.5 Å². The quantitative estimate of drug-likeness (QED) is 0.706. The Kier molecular flexibility index (Phi) is 3.36. The molecule has 3 heteroatoms. The molecule has 1 fully saturated rings. The number of halogens is 3. The van der Waals surface area contributed by atoms with Gasteiger partial charge in [0.25, 0.3) is 0 Å². The van der Waals surface area contributed by atoms with Crippen LogP contribution in [0.25, 0.3) is 6.08 Å². The summed E-state index contributed by atoms with van der Waals surface area (Å²) < 4.78 is 40.4. The largest absolute Gasteiger partial charge is 0.398 e. The highest BCUT2D eigenvalue weighted by atomic mass is 19.4. The van der Waals surface area contributed by atoms with Gasteiger partial charge in [0, 0.05) is 5.92 Å². The van der Waals surface area contributed by atoms with Crippen molar-refractivity contribution in [2.24, 2.45) is 5.41 Å². The van der Waals surface area contributed by atoms with Crippen LogP contribution in [0, 0.1) is 5.41 Å². The fourth-order valence-electron chi connectivity index (χ4n) is 2.78. The van der Waals surface area contributed by atoms with Crippen LogP contribution >= 0.6 is 0 Å². The number of hydrogen-bond donors (Lipinski definition) is 0. The van der Waals surface area contributed by atoms with Crippen molar-refractivity contribution in [3.63, 3.8) is 0 Å². The van der Waals surface area contributed by atoms with Gasteiger partial charge < -0.3 is 0 Å². The van der Waals surface area contributed by atoms with E-state index >= 15 is 0 Å². The lowest BCUT2D eigenvalue weighted by Gasteiger charge is -2.17. The van der Waals surface area contributed by atoms with Gasteiger partial charge in [-0.2, -0.15) is 13.2 Å².